The zero-order valence-electron chi connectivity index (χ0n) is 8.63. The van der Waals surface area contributed by atoms with Crippen LogP contribution in [0.2, 0.25) is 0 Å². The van der Waals surface area contributed by atoms with Gasteiger partial charge in [0.05, 0.1) is 0 Å². The molecule has 2 amide bonds. The molecule has 0 atom stereocenters. The number of rotatable bonds is 3. The van der Waals surface area contributed by atoms with Crippen molar-refractivity contribution in [1.29, 1.82) is 0 Å². The summed E-state index contributed by atoms with van der Waals surface area (Å²) < 4.78 is 0. The van der Waals surface area contributed by atoms with Gasteiger partial charge in [0.2, 0.25) is 0 Å². The number of aryl methyl sites for hydroxylation is 2. The standard InChI is InChI=1S/C11H16N2O/c1-8-3-4-9(2)10(7-8)5-6-13-11(12)14/h3-4,7H,5-6H2,1-2H3,(H3,12,13,14). The fourth-order valence-corrected chi connectivity index (χ4v) is 1.39. The van der Waals surface area contributed by atoms with Crippen molar-refractivity contribution in [1.82, 2.24) is 5.32 Å². The van der Waals surface area contributed by atoms with Gasteiger partial charge in [-0.1, -0.05) is 23.8 Å². The summed E-state index contributed by atoms with van der Waals surface area (Å²) in [5, 5.41) is 2.58. The van der Waals surface area contributed by atoms with Crippen molar-refractivity contribution >= 4 is 6.03 Å². The average Bonchev–Trinajstić information content (AvgIpc) is 2.10. The van der Waals surface area contributed by atoms with Gasteiger partial charge in [0.25, 0.3) is 0 Å². The van der Waals surface area contributed by atoms with Crippen molar-refractivity contribution < 1.29 is 4.79 Å². The van der Waals surface area contributed by atoms with E-state index in [1.165, 1.54) is 16.7 Å². The number of nitrogens with two attached hydrogens (primary N) is 1. The van der Waals surface area contributed by atoms with Crippen LogP contribution in [0.5, 0.6) is 0 Å². The fourth-order valence-electron chi connectivity index (χ4n) is 1.39. The van der Waals surface area contributed by atoms with Crippen LogP contribution in [0.25, 0.3) is 0 Å². The highest BCUT2D eigenvalue weighted by atomic mass is 16.2. The van der Waals surface area contributed by atoms with Crippen LogP contribution in [0, 0.1) is 13.8 Å². The summed E-state index contributed by atoms with van der Waals surface area (Å²) in [6.07, 6.45) is 0.830. The highest BCUT2D eigenvalue weighted by molar-refractivity contribution is 5.71. The lowest BCUT2D eigenvalue weighted by Gasteiger charge is -2.07. The minimum absolute atomic E-state index is 0.463. The molecule has 0 aliphatic carbocycles. The Labute approximate surface area is 84.3 Å². The monoisotopic (exact) mass is 192 g/mol. The van der Waals surface area contributed by atoms with E-state index >= 15 is 0 Å². The van der Waals surface area contributed by atoms with Crippen LogP contribution in [0.15, 0.2) is 18.2 Å². The lowest BCUT2D eigenvalue weighted by molar-refractivity contribution is 0.249. The molecule has 14 heavy (non-hydrogen) atoms. The number of hydrogen-bond acceptors (Lipinski definition) is 1. The van der Waals surface area contributed by atoms with E-state index in [2.05, 4.69) is 37.4 Å². The van der Waals surface area contributed by atoms with Crippen LogP contribution in [-0.4, -0.2) is 12.6 Å². The molecule has 3 heteroatoms. The van der Waals surface area contributed by atoms with Crippen LogP contribution >= 0.6 is 0 Å². The second kappa shape index (κ2) is 4.65. The molecule has 0 saturated heterocycles. The fraction of sp³-hybridized carbons (Fsp3) is 0.364. The molecule has 1 aromatic carbocycles. The number of primary amides is 1. The zero-order chi connectivity index (χ0) is 10.6. The van der Waals surface area contributed by atoms with Gasteiger partial charge in [-0.25, -0.2) is 4.79 Å². The van der Waals surface area contributed by atoms with Crippen molar-refractivity contribution in [2.24, 2.45) is 5.73 Å². The molecule has 0 unspecified atom stereocenters. The van der Waals surface area contributed by atoms with Crippen LogP contribution in [-0.2, 0) is 6.42 Å². The van der Waals surface area contributed by atoms with Crippen molar-refractivity contribution in [2.75, 3.05) is 6.54 Å². The molecule has 0 aromatic heterocycles. The number of urea groups is 1. The summed E-state index contributed by atoms with van der Waals surface area (Å²) in [5.41, 5.74) is 8.73. The maximum Gasteiger partial charge on any atom is 0.312 e. The summed E-state index contributed by atoms with van der Waals surface area (Å²) in [4.78, 5) is 10.5. The van der Waals surface area contributed by atoms with Gasteiger partial charge in [-0.2, -0.15) is 0 Å². The van der Waals surface area contributed by atoms with Crippen molar-refractivity contribution in [3.63, 3.8) is 0 Å². The van der Waals surface area contributed by atoms with Crippen LogP contribution in [0.1, 0.15) is 16.7 Å². The second-order valence-electron chi connectivity index (χ2n) is 3.47. The quantitative estimate of drug-likeness (QED) is 0.749. The van der Waals surface area contributed by atoms with Gasteiger partial charge < -0.3 is 11.1 Å². The third-order valence-electron chi connectivity index (χ3n) is 2.20. The molecule has 0 bridgehead atoms. The summed E-state index contributed by atoms with van der Waals surface area (Å²) in [6, 6.07) is 5.85. The first-order valence-corrected chi connectivity index (χ1v) is 4.69. The zero-order valence-corrected chi connectivity index (χ0v) is 8.63. The van der Waals surface area contributed by atoms with Gasteiger partial charge in [-0.3, -0.25) is 0 Å². The number of hydrogen-bond donors (Lipinski definition) is 2. The van der Waals surface area contributed by atoms with Gasteiger partial charge in [0, 0.05) is 6.54 Å². The Morgan fingerprint density at radius 2 is 2.14 bits per heavy atom. The van der Waals surface area contributed by atoms with E-state index in [1.54, 1.807) is 0 Å². The van der Waals surface area contributed by atoms with Gasteiger partial charge in [0.1, 0.15) is 0 Å². The Hall–Kier alpha value is -1.51. The van der Waals surface area contributed by atoms with E-state index in [0.717, 1.165) is 6.42 Å². The molecule has 0 aliphatic heterocycles. The molecular weight excluding hydrogens is 176 g/mol. The molecule has 76 valence electrons. The smallest absolute Gasteiger partial charge is 0.312 e. The lowest BCUT2D eigenvalue weighted by Crippen LogP contribution is -2.31. The summed E-state index contributed by atoms with van der Waals surface area (Å²) in [7, 11) is 0. The molecular formula is C11H16N2O. The summed E-state index contributed by atoms with van der Waals surface area (Å²) in [5.74, 6) is 0. The average molecular weight is 192 g/mol. The Bertz CT molecular complexity index is 334. The van der Waals surface area contributed by atoms with Crippen molar-refractivity contribution in [3.8, 4) is 0 Å². The summed E-state index contributed by atoms with van der Waals surface area (Å²) >= 11 is 0. The van der Waals surface area contributed by atoms with E-state index < -0.39 is 6.03 Å². The topological polar surface area (TPSA) is 55.1 Å². The van der Waals surface area contributed by atoms with E-state index in [0.29, 0.717) is 6.54 Å². The Morgan fingerprint density at radius 1 is 1.43 bits per heavy atom. The van der Waals surface area contributed by atoms with Crippen LogP contribution in [0.4, 0.5) is 4.79 Å². The van der Waals surface area contributed by atoms with E-state index in [4.69, 9.17) is 5.73 Å². The first kappa shape index (κ1) is 10.6. The highest BCUT2D eigenvalue weighted by Gasteiger charge is 1.99. The number of carbonyl (C=O) groups is 1. The van der Waals surface area contributed by atoms with Crippen molar-refractivity contribution in [2.45, 2.75) is 20.3 Å². The van der Waals surface area contributed by atoms with Gasteiger partial charge in [0.15, 0.2) is 0 Å². The lowest BCUT2D eigenvalue weighted by atomic mass is 10.0. The molecule has 0 fully saturated rings. The van der Waals surface area contributed by atoms with E-state index in [-0.39, 0.29) is 0 Å². The normalized spacial score (nSPS) is 9.86. The SMILES string of the molecule is Cc1ccc(C)c(CCNC(N)=O)c1. The number of carbonyl (C=O) groups excluding carboxylic acids is 1. The molecule has 1 rings (SSSR count). The molecule has 0 radical (unpaired) electrons. The maximum absolute atomic E-state index is 10.5. The molecule has 0 saturated carbocycles. The number of amides is 2. The van der Waals surface area contributed by atoms with Crippen LogP contribution < -0.4 is 11.1 Å². The molecule has 0 spiro atoms. The van der Waals surface area contributed by atoms with E-state index in [1.807, 2.05) is 0 Å². The molecule has 1 aromatic rings. The van der Waals surface area contributed by atoms with Crippen molar-refractivity contribution in [3.05, 3.63) is 34.9 Å². The minimum Gasteiger partial charge on any atom is -0.352 e. The Balaban J connectivity index is 2.57. The number of benzene rings is 1. The third kappa shape index (κ3) is 3.09. The van der Waals surface area contributed by atoms with Gasteiger partial charge >= 0.3 is 6.03 Å². The third-order valence-corrected chi connectivity index (χ3v) is 2.20. The largest absolute Gasteiger partial charge is 0.352 e. The molecule has 0 heterocycles. The first-order chi connectivity index (χ1) is 6.59. The second-order valence-corrected chi connectivity index (χ2v) is 3.47. The Kier molecular flexibility index (Phi) is 3.51. The molecule has 3 N–H and O–H groups in total. The predicted molar refractivity (Wildman–Crippen MR) is 57.2 cm³/mol. The molecule has 3 nitrogen and oxygen atoms in total. The van der Waals surface area contributed by atoms with Crippen LogP contribution in [0.3, 0.4) is 0 Å². The van der Waals surface area contributed by atoms with E-state index in [9.17, 15) is 4.79 Å². The molecule has 0 aliphatic rings. The first-order valence-electron chi connectivity index (χ1n) is 4.69. The van der Waals surface area contributed by atoms with Gasteiger partial charge in [-0.05, 0) is 31.4 Å². The maximum atomic E-state index is 10.5. The highest BCUT2D eigenvalue weighted by Crippen LogP contribution is 2.10. The summed E-state index contributed by atoms with van der Waals surface area (Å²) in [6.45, 7) is 4.73. The predicted octanol–water partition coefficient (Wildman–Crippen LogP) is 1.51. The minimum atomic E-state index is -0.463. The van der Waals surface area contributed by atoms with Gasteiger partial charge in [-0.15, -0.1) is 0 Å². The number of nitrogens with one attached hydrogen (secondary N) is 1. The Morgan fingerprint density at radius 3 is 2.79 bits per heavy atom.